The van der Waals surface area contributed by atoms with Crippen LogP contribution in [0.3, 0.4) is 0 Å². The molecule has 0 bridgehead atoms. The molecule has 0 aliphatic carbocycles. The topological polar surface area (TPSA) is 43.4 Å². The Labute approximate surface area is 200 Å². The number of esters is 1. The summed E-state index contributed by atoms with van der Waals surface area (Å²) in [5, 5.41) is 0. The van der Waals surface area contributed by atoms with Crippen LogP contribution in [0.15, 0.2) is 54.6 Å². The van der Waals surface area contributed by atoms with Crippen molar-refractivity contribution in [3.63, 3.8) is 0 Å². The van der Waals surface area contributed by atoms with Crippen LogP contribution in [-0.4, -0.2) is 17.4 Å². The summed E-state index contributed by atoms with van der Waals surface area (Å²) < 4.78 is 6.22. The van der Waals surface area contributed by atoms with Crippen LogP contribution in [0.4, 0.5) is 0 Å². The average molecular weight is 451 g/mol. The molecule has 0 saturated heterocycles. The van der Waals surface area contributed by atoms with Crippen molar-refractivity contribution in [1.82, 2.24) is 0 Å². The van der Waals surface area contributed by atoms with Crippen LogP contribution in [0.2, 0.25) is 0 Å². The molecule has 1 atom stereocenters. The Morgan fingerprint density at radius 1 is 0.788 bits per heavy atom. The van der Waals surface area contributed by atoms with Gasteiger partial charge in [-0.3, -0.25) is 4.79 Å². The lowest BCUT2D eigenvalue weighted by molar-refractivity contribution is -0.0286. The lowest BCUT2D eigenvalue weighted by atomic mass is 9.84. The van der Waals surface area contributed by atoms with E-state index >= 15 is 0 Å². The number of rotatable bonds is 15. The smallest absolute Gasteiger partial charge is 0.338 e. The number of ketones is 1. The number of carbonyl (C=O) groups excluding carboxylic acids is 2. The number of hydrogen-bond acceptors (Lipinski definition) is 3. The van der Waals surface area contributed by atoms with Gasteiger partial charge in [0.1, 0.15) is 5.60 Å². The highest BCUT2D eigenvalue weighted by molar-refractivity contribution is 6.03. The molecule has 0 aromatic heterocycles. The van der Waals surface area contributed by atoms with Gasteiger partial charge >= 0.3 is 5.97 Å². The zero-order valence-electron chi connectivity index (χ0n) is 21.1. The highest BCUT2D eigenvalue weighted by Gasteiger charge is 2.33. The molecular formula is C30H42O3. The highest BCUT2D eigenvalue weighted by atomic mass is 16.6. The predicted octanol–water partition coefficient (Wildman–Crippen LogP) is 8.53. The second-order valence-electron chi connectivity index (χ2n) is 9.10. The minimum absolute atomic E-state index is 0.0761. The van der Waals surface area contributed by atoms with Gasteiger partial charge in [0.2, 0.25) is 0 Å². The largest absolute Gasteiger partial charge is 0.455 e. The van der Waals surface area contributed by atoms with Crippen molar-refractivity contribution in [3.05, 3.63) is 71.3 Å². The fourth-order valence-corrected chi connectivity index (χ4v) is 4.56. The Morgan fingerprint density at radius 2 is 1.39 bits per heavy atom. The van der Waals surface area contributed by atoms with Gasteiger partial charge in [-0.15, -0.1) is 0 Å². The summed E-state index contributed by atoms with van der Waals surface area (Å²) >= 11 is 0. The Kier molecular flexibility index (Phi) is 11.4. The van der Waals surface area contributed by atoms with E-state index in [2.05, 4.69) is 27.7 Å². The lowest BCUT2D eigenvalue weighted by Crippen LogP contribution is -2.34. The number of Topliss-reactive ketones (excluding diaryl/α,β-unsaturated/α-hetero) is 1. The summed E-state index contributed by atoms with van der Waals surface area (Å²) in [6.45, 7) is 8.54. The highest BCUT2D eigenvalue weighted by Crippen LogP contribution is 2.33. The SMILES string of the molecule is CCCCCC(C(=O)c1ccccc1)c1ccccc1C(=O)OC(CC)(CC)CCCCC. The molecule has 33 heavy (non-hydrogen) atoms. The maximum atomic E-state index is 13.5. The zero-order chi connectivity index (χ0) is 24.1. The molecule has 3 nitrogen and oxygen atoms in total. The first-order valence-corrected chi connectivity index (χ1v) is 12.9. The number of unbranched alkanes of at least 4 members (excludes halogenated alkanes) is 4. The summed E-state index contributed by atoms with van der Waals surface area (Å²) in [6, 6.07) is 17.0. The maximum absolute atomic E-state index is 13.5. The Balaban J connectivity index is 2.37. The van der Waals surface area contributed by atoms with Gasteiger partial charge < -0.3 is 4.74 Å². The van der Waals surface area contributed by atoms with Crippen LogP contribution >= 0.6 is 0 Å². The van der Waals surface area contributed by atoms with E-state index in [1.54, 1.807) is 0 Å². The molecule has 1 unspecified atom stereocenters. The van der Waals surface area contributed by atoms with E-state index in [9.17, 15) is 9.59 Å². The zero-order valence-corrected chi connectivity index (χ0v) is 21.1. The van der Waals surface area contributed by atoms with Gasteiger partial charge in [0.25, 0.3) is 0 Å². The Morgan fingerprint density at radius 3 is 2.03 bits per heavy atom. The van der Waals surface area contributed by atoms with Crippen LogP contribution < -0.4 is 0 Å². The third kappa shape index (κ3) is 7.55. The van der Waals surface area contributed by atoms with E-state index in [-0.39, 0.29) is 17.7 Å². The molecule has 3 heteroatoms. The summed E-state index contributed by atoms with van der Waals surface area (Å²) in [5.74, 6) is -0.570. The van der Waals surface area contributed by atoms with Gasteiger partial charge in [0.15, 0.2) is 5.78 Å². The summed E-state index contributed by atoms with van der Waals surface area (Å²) in [5.41, 5.74) is 1.57. The fourth-order valence-electron chi connectivity index (χ4n) is 4.56. The molecule has 0 heterocycles. The summed E-state index contributed by atoms with van der Waals surface area (Å²) in [6.07, 6.45) is 9.64. The van der Waals surface area contributed by atoms with Gasteiger partial charge in [-0.05, 0) is 43.7 Å². The standard InChI is InChI=1S/C30H42O3/c1-5-9-12-21-26(28(31)24-18-13-11-14-19-24)25-20-15-16-22-27(25)29(32)33-30(7-3,8-4)23-17-10-6-2/h11,13-16,18-20,22,26H,5-10,12,17,21,23H2,1-4H3. The molecule has 0 radical (unpaired) electrons. The van der Waals surface area contributed by atoms with Crippen molar-refractivity contribution >= 4 is 11.8 Å². The third-order valence-corrected chi connectivity index (χ3v) is 6.86. The third-order valence-electron chi connectivity index (χ3n) is 6.86. The van der Waals surface area contributed by atoms with Crippen molar-refractivity contribution in [2.45, 2.75) is 103 Å². The molecule has 0 N–H and O–H groups in total. The van der Waals surface area contributed by atoms with Crippen molar-refractivity contribution in [2.24, 2.45) is 0 Å². The summed E-state index contributed by atoms with van der Waals surface area (Å²) in [7, 11) is 0. The van der Waals surface area contributed by atoms with Crippen molar-refractivity contribution < 1.29 is 14.3 Å². The molecule has 0 aliphatic heterocycles. The maximum Gasteiger partial charge on any atom is 0.338 e. The first-order chi connectivity index (χ1) is 16.0. The van der Waals surface area contributed by atoms with Crippen molar-refractivity contribution in [3.8, 4) is 0 Å². The number of ether oxygens (including phenoxy) is 1. The van der Waals surface area contributed by atoms with Crippen LogP contribution in [0, 0.1) is 0 Å². The Bertz CT molecular complexity index is 852. The van der Waals surface area contributed by atoms with Crippen LogP contribution in [0.25, 0.3) is 0 Å². The molecule has 2 aromatic rings. The van der Waals surface area contributed by atoms with Gasteiger partial charge in [0, 0.05) is 11.5 Å². The van der Waals surface area contributed by atoms with Gasteiger partial charge in [0.05, 0.1) is 5.56 Å². The molecule has 0 amide bonds. The molecular weight excluding hydrogens is 408 g/mol. The fraction of sp³-hybridized carbons (Fsp3) is 0.533. The molecule has 0 saturated carbocycles. The van der Waals surface area contributed by atoms with Crippen LogP contribution in [0.1, 0.15) is 124 Å². The van der Waals surface area contributed by atoms with Crippen molar-refractivity contribution in [1.29, 1.82) is 0 Å². The number of hydrogen-bond donors (Lipinski definition) is 0. The molecule has 0 aliphatic rings. The van der Waals surface area contributed by atoms with Gasteiger partial charge in [-0.25, -0.2) is 4.79 Å². The average Bonchev–Trinajstić information content (AvgIpc) is 2.86. The van der Waals surface area contributed by atoms with Crippen molar-refractivity contribution in [2.75, 3.05) is 0 Å². The molecule has 0 spiro atoms. The summed E-state index contributed by atoms with van der Waals surface area (Å²) in [4.78, 5) is 27.0. The van der Waals surface area contributed by atoms with E-state index in [4.69, 9.17) is 4.74 Å². The molecule has 2 rings (SSSR count). The molecule has 180 valence electrons. The van der Waals surface area contributed by atoms with Gasteiger partial charge in [-0.2, -0.15) is 0 Å². The quantitative estimate of drug-likeness (QED) is 0.155. The van der Waals surface area contributed by atoms with E-state index in [0.29, 0.717) is 11.1 Å². The minimum atomic E-state index is -0.444. The molecule has 0 fully saturated rings. The second-order valence-corrected chi connectivity index (χ2v) is 9.10. The number of benzene rings is 2. The van der Waals surface area contributed by atoms with Crippen LogP contribution in [0.5, 0.6) is 0 Å². The van der Waals surface area contributed by atoms with E-state index < -0.39 is 5.60 Å². The Hall–Kier alpha value is -2.42. The number of carbonyl (C=O) groups is 2. The predicted molar refractivity (Wildman–Crippen MR) is 137 cm³/mol. The normalized spacial score (nSPS) is 12.4. The van der Waals surface area contributed by atoms with E-state index in [0.717, 1.165) is 69.8 Å². The van der Waals surface area contributed by atoms with E-state index in [1.165, 1.54) is 0 Å². The second kappa shape index (κ2) is 14.0. The van der Waals surface area contributed by atoms with E-state index in [1.807, 2.05) is 54.6 Å². The minimum Gasteiger partial charge on any atom is -0.455 e. The monoisotopic (exact) mass is 450 g/mol. The lowest BCUT2D eigenvalue weighted by Gasteiger charge is -2.32. The van der Waals surface area contributed by atoms with Gasteiger partial charge in [-0.1, -0.05) is 108 Å². The molecule has 2 aromatic carbocycles. The first-order valence-electron chi connectivity index (χ1n) is 12.9. The first kappa shape index (κ1) is 26.8. The van der Waals surface area contributed by atoms with Crippen LogP contribution in [-0.2, 0) is 4.74 Å².